The van der Waals surface area contributed by atoms with Crippen molar-refractivity contribution in [1.29, 1.82) is 0 Å². The molecule has 1 fully saturated rings. The fourth-order valence-corrected chi connectivity index (χ4v) is 2.16. The number of hydrogen-bond acceptors (Lipinski definition) is 2. The Morgan fingerprint density at radius 2 is 2.05 bits per heavy atom. The van der Waals surface area contributed by atoms with E-state index < -0.39 is 11.7 Å². The van der Waals surface area contributed by atoms with Gasteiger partial charge in [-0.2, -0.15) is 13.2 Å². The minimum Gasteiger partial charge on any atom is -0.352 e. The van der Waals surface area contributed by atoms with Crippen LogP contribution in [0, 0.1) is 0 Å². The van der Waals surface area contributed by atoms with E-state index in [1.807, 2.05) is 0 Å². The van der Waals surface area contributed by atoms with Crippen LogP contribution >= 0.6 is 0 Å². The highest BCUT2D eigenvalue weighted by molar-refractivity contribution is 5.78. The van der Waals surface area contributed by atoms with E-state index in [-0.39, 0.29) is 24.1 Å². The summed E-state index contributed by atoms with van der Waals surface area (Å²) in [4.78, 5) is 11.0. The third kappa shape index (κ3) is 3.70. The van der Waals surface area contributed by atoms with E-state index in [9.17, 15) is 18.0 Å². The van der Waals surface area contributed by atoms with Crippen LogP contribution < -0.4 is 10.6 Å². The highest BCUT2D eigenvalue weighted by atomic mass is 19.4. The number of amides is 1. The first-order valence-corrected chi connectivity index (χ1v) is 6.12. The largest absolute Gasteiger partial charge is 0.416 e. The summed E-state index contributed by atoms with van der Waals surface area (Å²) in [6, 6.07) is 5.52. The third-order valence-corrected chi connectivity index (χ3v) is 3.11. The SMILES string of the molecule is O=C1CCC(CNCc2ccccc2C(F)(F)F)N1. The van der Waals surface area contributed by atoms with Crippen LogP contribution in [0.15, 0.2) is 24.3 Å². The van der Waals surface area contributed by atoms with E-state index in [0.29, 0.717) is 13.0 Å². The highest BCUT2D eigenvalue weighted by Gasteiger charge is 2.32. The molecule has 104 valence electrons. The monoisotopic (exact) mass is 272 g/mol. The number of rotatable bonds is 4. The number of nitrogens with one attached hydrogen (secondary N) is 2. The lowest BCUT2D eigenvalue weighted by atomic mass is 10.1. The van der Waals surface area contributed by atoms with Crippen LogP contribution in [0.25, 0.3) is 0 Å². The standard InChI is InChI=1S/C13H15F3N2O/c14-13(15,16)11-4-2-1-3-9(11)7-17-8-10-5-6-12(19)18-10/h1-4,10,17H,5-8H2,(H,18,19). The van der Waals surface area contributed by atoms with Gasteiger partial charge in [-0.15, -0.1) is 0 Å². The number of hydrogen-bond donors (Lipinski definition) is 2. The van der Waals surface area contributed by atoms with E-state index in [2.05, 4.69) is 10.6 Å². The van der Waals surface area contributed by atoms with Crippen molar-refractivity contribution >= 4 is 5.91 Å². The van der Waals surface area contributed by atoms with Gasteiger partial charge in [0, 0.05) is 25.6 Å². The number of carbonyl (C=O) groups excluding carboxylic acids is 1. The molecule has 1 aromatic rings. The van der Waals surface area contributed by atoms with Crippen LogP contribution in [0.2, 0.25) is 0 Å². The van der Waals surface area contributed by atoms with Crippen molar-refractivity contribution < 1.29 is 18.0 Å². The van der Waals surface area contributed by atoms with Gasteiger partial charge in [0.1, 0.15) is 0 Å². The average molecular weight is 272 g/mol. The van der Waals surface area contributed by atoms with Crippen LogP contribution in [0.3, 0.4) is 0 Å². The van der Waals surface area contributed by atoms with Crippen LogP contribution in [-0.2, 0) is 17.5 Å². The summed E-state index contributed by atoms with van der Waals surface area (Å²) in [7, 11) is 0. The minimum absolute atomic E-state index is 0.00231. The molecule has 1 atom stereocenters. The maximum atomic E-state index is 12.7. The Balaban J connectivity index is 1.91. The third-order valence-electron chi connectivity index (χ3n) is 3.11. The molecule has 0 bridgehead atoms. The molecule has 19 heavy (non-hydrogen) atoms. The molecule has 1 aliphatic heterocycles. The molecule has 0 spiro atoms. The molecule has 3 nitrogen and oxygen atoms in total. The van der Waals surface area contributed by atoms with E-state index in [0.717, 1.165) is 12.5 Å². The topological polar surface area (TPSA) is 41.1 Å². The number of halogens is 3. The zero-order valence-electron chi connectivity index (χ0n) is 10.3. The molecule has 2 N–H and O–H groups in total. The quantitative estimate of drug-likeness (QED) is 0.881. The zero-order valence-corrected chi connectivity index (χ0v) is 10.3. The van der Waals surface area contributed by atoms with Crippen molar-refractivity contribution in [2.24, 2.45) is 0 Å². The summed E-state index contributed by atoms with van der Waals surface area (Å²) in [6.45, 7) is 0.625. The minimum atomic E-state index is -4.33. The first kappa shape index (κ1) is 13.9. The Morgan fingerprint density at radius 1 is 1.32 bits per heavy atom. The summed E-state index contributed by atoms with van der Waals surface area (Å²) >= 11 is 0. The second-order valence-corrected chi connectivity index (χ2v) is 4.59. The first-order chi connectivity index (χ1) is 8.97. The summed E-state index contributed by atoms with van der Waals surface area (Å²) in [6.07, 6.45) is -3.11. The van der Waals surface area contributed by atoms with Crippen molar-refractivity contribution in [2.75, 3.05) is 6.54 Å². The van der Waals surface area contributed by atoms with Crippen molar-refractivity contribution in [2.45, 2.75) is 31.6 Å². The second-order valence-electron chi connectivity index (χ2n) is 4.59. The van der Waals surface area contributed by atoms with Crippen molar-refractivity contribution in [3.05, 3.63) is 35.4 Å². The van der Waals surface area contributed by atoms with Crippen molar-refractivity contribution in [3.8, 4) is 0 Å². The first-order valence-electron chi connectivity index (χ1n) is 6.12. The van der Waals surface area contributed by atoms with Gasteiger partial charge < -0.3 is 10.6 Å². The Kier molecular flexibility index (Phi) is 4.09. The predicted octanol–water partition coefficient (Wildman–Crippen LogP) is 2.07. The summed E-state index contributed by atoms with van der Waals surface area (Å²) in [5.41, 5.74) is -0.391. The van der Waals surface area contributed by atoms with Crippen LogP contribution in [-0.4, -0.2) is 18.5 Å². The fraction of sp³-hybridized carbons (Fsp3) is 0.462. The lowest BCUT2D eigenvalue weighted by Crippen LogP contribution is -2.35. The number of alkyl halides is 3. The molecule has 1 unspecified atom stereocenters. The summed E-state index contributed by atoms with van der Waals surface area (Å²) < 4.78 is 38.2. The van der Waals surface area contributed by atoms with Crippen LogP contribution in [0.1, 0.15) is 24.0 Å². The molecule has 6 heteroatoms. The van der Waals surface area contributed by atoms with Gasteiger partial charge >= 0.3 is 6.18 Å². The van der Waals surface area contributed by atoms with Gasteiger partial charge in [-0.1, -0.05) is 18.2 Å². The molecule has 1 amide bonds. The zero-order chi connectivity index (χ0) is 13.9. The van der Waals surface area contributed by atoms with Crippen LogP contribution in [0.5, 0.6) is 0 Å². The Labute approximate surface area is 109 Å². The van der Waals surface area contributed by atoms with Gasteiger partial charge in [0.15, 0.2) is 0 Å². The van der Waals surface area contributed by atoms with E-state index in [4.69, 9.17) is 0 Å². The molecule has 1 aromatic carbocycles. The molecule has 1 saturated heterocycles. The maximum absolute atomic E-state index is 12.7. The van der Waals surface area contributed by atoms with Gasteiger partial charge in [-0.3, -0.25) is 4.79 Å². The molecule has 1 heterocycles. The van der Waals surface area contributed by atoms with Gasteiger partial charge in [0.05, 0.1) is 5.56 Å². The van der Waals surface area contributed by atoms with Gasteiger partial charge in [-0.05, 0) is 18.1 Å². The van der Waals surface area contributed by atoms with E-state index in [1.165, 1.54) is 12.1 Å². The molecular weight excluding hydrogens is 257 g/mol. The maximum Gasteiger partial charge on any atom is 0.416 e. The predicted molar refractivity (Wildman–Crippen MR) is 64.3 cm³/mol. The molecule has 0 aliphatic carbocycles. The Morgan fingerprint density at radius 3 is 2.68 bits per heavy atom. The van der Waals surface area contributed by atoms with Crippen molar-refractivity contribution in [1.82, 2.24) is 10.6 Å². The number of benzene rings is 1. The molecule has 1 aliphatic rings. The molecule has 0 radical (unpaired) electrons. The lowest BCUT2D eigenvalue weighted by Gasteiger charge is -2.15. The van der Waals surface area contributed by atoms with Crippen LogP contribution in [0.4, 0.5) is 13.2 Å². The van der Waals surface area contributed by atoms with Gasteiger partial charge in [0.25, 0.3) is 0 Å². The highest BCUT2D eigenvalue weighted by Crippen LogP contribution is 2.31. The molecule has 0 saturated carbocycles. The molecular formula is C13H15F3N2O. The van der Waals surface area contributed by atoms with E-state index >= 15 is 0 Å². The second kappa shape index (κ2) is 5.61. The Bertz CT molecular complexity index is 459. The van der Waals surface area contributed by atoms with E-state index in [1.54, 1.807) is 6.07 Å². The van der Waals surface area contributed by atoms with Gasteiger partial charge in [-0.25, -0.2) is 0 Å². The fourth-order valence-electron chi connectivity index (χ4n) is 2.16. The van der Waals surface area contributed by atoms with Gasteiger partial charge in [0.2, 0.25) is 5.91 Å². The molecule has 2 rings (SSSR count). The molecule has 0 aromatic heterocycles. The number of carbonyl (C=O) groups is 1. The summed E-state index contributed by atoms with van der Waals surface area (Å²) in [5, 5.41) is 5.72. The Hall–Kier alpha value is -1.56. The normalized spacial score (nSPS) is 19.5. The van der Waals surface area contributed by atoms with Crippen molar-refractivity contribution in [3.63, 3.8) is 0 Å². The summed E-state index contributed by atoms with van der Waals surface area (Å²) in [5.74, 6) is 0.00231. The average Bonchev–Trinajstić information content (AvgIpc) is 2.74. The smallest absolute Gasteiger partial charge is 0.352 e. The lowest BCUT2D eigenvalue weighted by molar-refractivity contribution is -0.138.